The van der Waals surface area contributed by atoms with E-state index in [-0.39, 0.29) is 0 Å². The minimum Gasteiger partial charge on any atom is -0.477 e. The fourth-order valence-corrected chi connectivity index (χ4v) is 5.93. The highest BCUT2D eigenvalue weighted by Crippen LogP contribution is 2.47. The molecule has 2 aromatic heterocycles. The zero-order chi connectivity index (χ0) is 18.8. The zero-order valence-corrected chi connectivity index (χ0v) is 17.1. The summed E-state index contributed by atoms with van der Waals surface area (Å²) >= 11 is 1.78. The minimum atomic E-state index is 0.456. The molecule has 0 saturated heterocycles. The molecular formula is C21H28N4OS. The van der Waals surface area contributed by atoms with Crippen molar-refractivity contribution in [2.24, 2.45) is 5.92 Å². The van der Waals surface area contributed by atoms with Gasteiger partial charge in [0.05, 0.1) is 18.1 Å². The number of aromatic nitrogens is 2. The Morgan fingerprint density at radius 1 is 1.22 bits per heavy atom. The van der Waals surface area contributed by atoms with Crippen molar-refractivity contribution in [3.8, 4) is 11.9 Å². The van der Waals surface area contributed by atoms with Crippen molar-refractivity contribution in [3.63, 3.8) is 0 Å². The third-order valence-corrected chi connectivity index (χ3v) is 7.48. The molecule has 27 heavy (non-hydrogen) atoms. The molecule has 0 aliphatic heterocycles. The largest absolute Gasteiger partial charge is 0.477 e. The Morgan fingerprint density at radius 3 is 2.78 bits per heavy atom. The number of nitrogens with zero attached hydrogens (tertiary/aromatic N) is 4. The fourth-order valence-electron chi connectivity index (χ4n) is 4.70. The first-order valence-corrected chi connectivity index (χ1v) is 10.9. The van der Waals surface area contributed by atoms with Crippen LogP contribution in [0.25, 0.3) is 10.2 Å². The van der Waals surface area contributed by atoms with Crippen molar-refractivity contribution in [2.45, 2.75) is 63.3 Å². The lowest BCUT2D eigenvalue weighted by atomic mass is 9.86. The van der Waals surface area contributed by atoms with Crippen LogP contribution in [-0.4, -0.2) is 41.6 Å². The van der Waals surface area contributed by atoms with Gasteiger partial charge in [-0.15, -0.1) is 11.3 Å². The van der Waals surface area contributed by atoms with Crippen molar-refractivity contribution >= 4 is 21.6 Å². The monoisotopic (exact) mass is 384 g/mol. The van der Waals surface area contributed by atoms with Crippen molar-refractivity contribution < 1.29 is 4.74 Å². The van der Waals surface area contributed by atoms with Gasteiger partial charge in [-0.3, -0.25) is 0 Å². The van der Waals surface area contributed by atoms with Crippen LogP contribution < -0.4 is 4.74 Å². The lowest BCUT2D eigenvalue weighted by Crippen LogP contribution is -2.33. The van der Waals surface area contributed by atoms with Crippen LogP contribution in [0.4, 0.5) is 0 Å². The number of fused-ring (bicyclic) bond motifs is 3. The van der Waals surface area contributed by atoms with Gasteiger partial charge in [0.25, 0.3) is 0 Å². The van der Waals surface area contributed by atoms with Crippen molar-refractivity contribution in [1.29, 1.82) is 5.26 Å². The molecule has 5 nitrogen and oxygen atoms in total. The maximum Gasteiger partial charge on any atom is 0.225 e. The molecule has 0 spiro atoms. The molecule has 0 aromatic carbocycles. The Morgan fingerprint density at radius 2 is 2.04 bits per heavy atom. The highest BCUT2D eigenvalue weighted by atomic mass is 32.1. The SMILES string of the molecule is CN(C)C1CCC(COc2ncnc3sc4c(c23)[C@@H](CCC#N)CC4)CC1. The molecule has 1 fully saturated rings. The highest BCUT2D eigenvalue weighted by Gasteiger charge is 2.30. The van der Waals surface area contributed by atoms with Gasteiger partial charge >= 0.3 is 0 Å². The number of ether oxygens (including phenoxy) is 1. The molecule has 144 valence electrons. The number of nitriles is 1. The van der Waals surface area contributed by atoms with Crippen LogP contribution in [0.1, 0.15) is 61.3 Å². The zero-order valence-electron chi connectivity index (χ0n) is 16.3. The van der Waals surface area contributed by atoms with E-state index in [1.807, 2.05) is 0 Å². The lowest BCUT2D eigenvalue weighted by molar-refractivity contribution is 0.150. The number of rotatable bonds is 6. The van der Waals surface area contributed by atoms with E-state index in [2.05, 4.69) is 35.0 Å². The molecule has 2 aromatic rings. The van der Waals surface area contributed by atoms with Crippen molar-refractivity contribution in [3.05, 3.63) is 16.8 Å². The summed E-state index contributed by atoms with van der Waals surface area (Å²) in [6, 6.07) is 3.01. The van der Waals surface area contributed by atoms with Crippen LogP contribution in [0, 0.1) is 17.2 Å². The molecule has 0 bridgehead atoms. The second-order valence-corrected chi connectivity index (χ2v) is 9.26. The van der Waals surface area contributed by atoms with E-state index in [0.717, 1.165) is 42.0 Å². The summed E-state index contributed by atoms with van der Waals surface area (Å²) < 4.78 is 6.27. The Labute approximate surface area is 165 Å². The number of hydrogen-bond acceptors (Lipinski definition) is 6. The van der Waals surface area contributed by atoms with Crippen molar-refractivity contribution in [1.82, 2.24) is 14.9 Å². The molecular weight excluding hydrogens is 356 g/mol. The Kier molecular flexibility index (Phi) is 5.60. The second kappa shape index (κ2) is 8.12. The summed E-state index contributed by atoms with van der Waals surface area (Å²) in [7, 11) is 4.36. The molecule has 6 heteroatoms. The van der Waals surface area contributed by atoms with Crippen LogP contribution in [-0.2, 0) is 6.42 Å². The van der Waals surface area contributed by atoms with Crippen LogP contribution in [0.2, 0.25) is 0 Å². The minimum absolute atomic E-state index is 0.456. The number of hydrogen-bond donors (Lipinski definition) is 0. The van der Waals surface area contributed by atoms with Crippen LogP contribution in [0.5, 0.6) is 5.88 Å². The molecule has 2 heterocycles. The average Bonchev–Trinajstić information content (AvgIpc) is 3.24. The number of thiophene rings is 1. The van der Waals surface area contributed by atoms with E-state index >= 15 is 0 Å². The third kappa shape index (κ3) is 3.81. The van der Waals surface area contributed by atoms with Gasteiger partial charge in [-0.25, -0.2) is 9.97 Å². The first-order chi connectivity index (χ1) is 13.2. The molecule has 1 atom stereocenters. The highest BCUT2D eigenvalue weighted by molar-refractivity contribution is 7.19. The normalized spacial score (nSPS) is 24.9. The van der Waals surface area contributed by atoms with Gasteiger partial charge in [-0.1, -0.05) is 0 Å². The Balaban J connectivity index is 1.49. The van der Waals surface area contributed by atoms with E-state index < -0.39 is 0 Å². The molecule has 0 amide bonds. The standard InChI is InChI=1S/C21H28N4OS/c1-25(2)16-8-5-14(6-9-16)12-26-20-19-18-15(4-3-11-22)7-10-17(18)27-21(19)24-13-23-20/h13-16H,3-10,12H2,1-2H3/t14?,15-,16?/m0/s1. The quantitative estimate of drug-likeness (QED) is 0.732. The predicted octanol–water partition coefficient (Wildman–Crippen LogP) is 4.52. The van der Waals surface area contributed by atoms with Crippen LogP contribution in [0.15, 0.2) is 6.33 Å². The molecule has 0 N–H and O–H groups in total. The van der Waals surface area contributed by atoms with E-state index in [1.54, 1.807) is 17.7 Å². The molecule has 4 rings (SSSR count). The Bertz CT molecular complexity index is 833. The maximum atomic E-state index is 8.97. The first kappa shape index (κ1) is 18.6. The van der Waals surface area contributed by atoms with Gasteiger partial charge in [0.1, 0.15) is 11.2 Å². The van der Waals surface area contributed by atoms with E-state index in [1.165, 1.54) is 36.1 Å². The second-order valence-electron chi connectivity index (χ2n) is 8.18. The summed E-state index contributed by atoms with van der Waals surface area (Å²) in [4.78, 5) is 13.8. The molecule has 0 radical (unpaired) electrons. The summed E-state index contributed by atoms with van der Waals surface area (Å²) in [5, 5.41) is 10.1. The summed E-state index contributed by atoms with van der Waals surface area (Å²) in [6.07, 6.45) is 10.4. The fraction of sp³-hybridized carbons (Fsp3) is 0.667. The maximum absolute atomic E-state index is 8.97. The molecule has 1 saturated carbocycles. The topological polar surface area (TPSA) is 62.0 Å². The molecule has 2 aliphatic rings. The van der Waals surface area contributed by atoms with E-state index in [4.69, 9.17) is 10.00 Å². The summed E-state index contributed by atoms with van der Waals surface area (Å²) in [5.74, 6) is 1.83. The first-order valence-electron chi connectivity index (χ1n) is 10.1. The lowest BCUT2D eigenvalue weighted by Gasteiger charge is -2.32. The van der Waals surface area contributed by atoms with Crippen molar-refractivity contribution in [2.75, 3.05) is 20.7 Å². The smallest absolute Gasteiger partial charge is 0.225 e. The van der Waals surface area contributed by atoms with Crippen LogP contribution >= 0.6 is 11.3 Å². The summed E-state index contributed by atoms with van der Waals surface area (Å²) in [6.45, 7) is 0.750. The van der Waals surface area contributed by atoms with Crippen LogP contribution in [0.3, 0.4) is 0 Å². The summed E-state index contributed by atoms with van der Waals surface area (Å²) in [5.41, 5.74) is 1.37. The third-order valence-electron chi connectivity index (χ3n) is 6.30. The van der Waals surface area contributed by atoms with Gasteiger partial charge in [0.2, 0.25) is 5.88 Å². The van der Waals surface area contributed by atoms with Gasteiger partial charge in [0.15, 0.2) is 0 Å². The van der Waals surface area contributed by atoms with Gasteiger partial charge in [-0.05, 0) is 76.4 Å². The predicted molar refractivity (Wildman–Crippen MR) is 108 cm³/mol. The van der Waals surface area contributed by atoms with Gasteiger partial charge < -0.3 is 9.64 Å². The van der Waals surface area contributed by atoms with Gasteiger partial charge in [-0.2, -0.15) is 5.26 Å². The molecule has 2 aliphatic carbocycles. The molecule has 0 unspecified atom stereocenters. The Hall–Kier alpha value is -1.71. The van der Waals surface area contributed by atoms with E-state index in [0.29, 0.717) is 24.3 Å². The van der Waals surface area contributed by atoms with E-state index in [9.17, 15) is 0 Å². The number of aryl methyl sites for hydroxylation is 1. The van der Waals surface area contributed by atoms with Gasteiger partial charge in [0, 0.05) is 17.3 Å². The average molecular weight is 385 g/mol.